The zero-order chi connectivity index (χ0) is 16.1. The minimum atomic E-state index is -0.505. The van der Waals surface area contributed by atoms with Crippen molar-refractivity contribution in [3.05, 3.63) is 58.1 Å². The van der Waals surface area contributed by atoms with Crippen molar-refractivity contribution in [3.8, 4) is 5.75 Å². The maximum absolute atomic E-state index is 11.8. The fourth-order valence-corrected chi connectivity index (χ4v) is 2.03. The highest BCUT2D eigenvalue weighted by molar-refractivity contribution is 9.10. The smallest absolute Gasteiger partial charge is 0.262 e. The Labute approximate surface area is 136 Å². The largest absolute Gasteiger partial charge is 0.484 e. The number of primary amides is 1. The van der Waals surface area contributed by atoms with Gasteiger partial charge in [0.25, 0.3) is 5.91 Å². The molecule has 0 fully saturated rings. The van der Waals surface area contributed by atoms with Gasteiger partial charge in [-0.1, -0.05) is 15.9 Å². The summed E-state index contributed by atoms with van der Waals surface area (Å²) in [6.07, 6.45) is 0. The van der Waals surface area contributed by atoms with Gasteiger partial charge in [0.2, 0.25) is 5.91 Å². The van der Waals surface area contributed by atoms with Gasteiger partial charge in [-0.05, 0) is 55.0 Å². The van der Waals surface area contributed by atoms with E-state index >= 15 is 0 Å². The van der Waals surface area contributed by atoms with Gasteiger partial charge in [-0.25, -0.2) is 0 Å². The lowest BCUT2D eigenvalue weighted by Gasteiger charge is -2.09. The van der Waals surface area contributed by atoms with Crippen LogP contribution in [-0.2, 0) is 4.79 Å². The molecule has 2 amide bonds. The van der Waals surface area contributed by atoms with Crippen LogP contribution in [0.4, 0.5) is 5.69 Å². The zero-order valence-electron chi connectivity index (χ0n) is 11.9. The summed E-state index contributed by atoms with van der Waals surface area (Å²) >= 11 is 3.40. The number of aryl methyl sites for hydroxylation is 1. The van der Waals surface area contributed by atoms with Gasteiger partial charge < -0.3 is 15.8 Å². The van der Waals surface area contributed by atoms with Gasteiger partial charge in [0.05, 0.1) is 0 Å². The van der Waals surface area contributed by atoms with Crippen molar-refractivity contribution >= 4 is 33.4 Å². The van der Waals surface area contributed by atoms with Crippen molar-refractivity contribution in [1.82, 2.24) is 0 Å². The second kappa shape index (κ2) is 7.09. The van der Waals surface area contributed by atoms with Gasteiger partial charge in [0.1, 0.15) is 5.75 Å². The maximum Gasteiger partial charge on any atom is 0.262 e. The molecule has 0 heterocycles. The van der Waals surface area contributed by atoms with Crippen molar-refractivity contribution in [2.75, 3.05) is 11.9 Å². The molecule has 5 nitrogen and oxygen atoms in total. The predicted octanol–water partition coefficient (Wildman–Crippen LogP) is 2.87. The molecule has 0 aliphatic rings. The molecule has 0 aromatic heterocycles. The number of rotatable bonds is 5. The van der Waals surface area contributed by atoms with E-state index in [1.807, 2.05) is 19.1 Å². The molecule has 22 heavy (non-hydrogen) atoms. The third kappa shape index (κ3) is 4.33. The first-order valence-electron chi connectivity index (χ1n) is 6.54. The number of anilines is 1. The molecular weight excluding hydrogens is 348 g/mol. The molecule has 0 aliphatic heterocycles. The van der Waals surface area contributed by atoms with Crippen LogP contribution < -0.4 is 15.8 Å². The number of nitrogens with one attached hydrogen (secondary N) is 1. The molecule has 0 spiro atoms. The minimum absolute atomic E-state index is 0.120. The normalized spacial score (nSPS) is 10.1. The van der Waals surface area contributed by atoms with E-state index in [1.54, 1.807) is 30.3 Å². The summed E-state index contributed by atoms with van der Waals surface area (Å²) in [5.41, 5.74) is 7.27. The highest BCUT2D eigenvalue weighted by Crippen LogP contribution is 2.20. The van der Waals surface area contributed by atoms with Crippen LogP contribution in [-0.4, -0.2) is 18.4 Å². The van der Waals surface area contributed by atoms with E-state index in [4.69, 9.17) is 10.5 Å². The van der Waals surface area contributed by atoms with E-state index in [2.05, 4.69) is 21.2 Å². The van der Waals surface area contributed by atoms with Crippen LogP contribution in [0.15, 0.2) is 46.9 Å². The number of hydrogen-bond donors (Lipinski definition) is 2. The Bertz CT molecular complexity index is 699. The fraction of sp³-hybridized carbons (Fsp3) is 0.125. The summed E-state index contributed by atoms with van der Waals surface area (Å²) < 4.78 is 6.34. The lowest BCUT2D eigenvalue weighted by molar-refractivity contribution is -0.118. The van der Waals surface area contributed by atoms with Crippen LogP contribution in [0, 0.1) is 6.92 Å². The number of carbonyl (C=O) groups excluding carboxylic acids is 2. The van der Waals surface area contributed by atoms with Crippen LogP contribution in [0.5, 0.6) is 5.75 Å². The van der Waals surface area contributed by atoms with Crippen molar-refractivity contribution in [2.45, 2.75) is 6.92 Å². The third-order valence-electron chi connectivity index (χ3n) is 2.95. The first kappa shape index (κ1) is 16.0. The van der Waals surface area contributed by atoms with Crippen LogP contribution in [0.1, 0.15) is 15.9 Å². The van der Waals surface area contributed by atoms with E-state index in [-0.39, 0.29) is 12.5 Å². The molecule has 0 saturated heterocycles. The highest BCUT2D eigenvalue weighted by Gasteiger charge is 2.06. The van der Waals surface area contributed by atoms with Gasteiger partial charge in [-0.2, -0.15) is 0 Å². The molecule has 2 rings (SSSR count). The molecular formula is C16H15BrN2O3. The van der Waals surface area contributed by atoms with Crippen LogP contribution >= 0.6 is 15.9 Å². The Balaban J connectivity index is 1.89. The monoisotopic (exact) mass is 362 g/mol. The molecule has 114 valence electrons. The maximum atomic E-state index is 11.8. The summed E-state index contributed by atoms with van der Waals surface area (Å²) in [7, 11) is 0. The molecule has 0 aliphatic carbocycles. The Hall–Kier alpha value is -2.34. The Morgan fingerprint density at radius 3 is 2.45 bits per heavy atom. The van der Waals surface area contributed by atoms with E-state index in [9.17, 15) is 9.59 Å². The van der Waals surface area contributed by atoms with Gasteiger partial charge in [-0.3, -0.25) is 9.59 Å². The third-order valence-corrected chi connectivity index (χ3v) is 3.84. The Morgan fingerprint density at radius 2 is 1.86 bits per heavy atom. The highest BCUT2D eigenvalue weighted by atomic mass is 79.9. The van der Waals surface area contributed by atoms with Crippen LogP contribution in [0.3, 0.4) is 0 Å². The topological polar surface area (TPSA) is 81.4 Å². The minimum Gasteiger partial charge on any atom is -0.484 e. The second-order valence-corrected chi connectivity index (χ2v) is 5.54. The van der Waals surface area contributed by atoms with Gasteiger partial charge in [0, 0.05) is 15.7 Å². The average Bonchev–Trinajstić information content (AvgIpc) is 2.49. The number of nitrogens with two attached hydrogens (primary N) is 1. The molecule has 0 radical (unpaired) electrons. The van der Waals surface area contributed by atoms with Gasteiger partial charge >= 0.3 is 0 Å². The SMILES string of the molecule is Cc1cc(NC(=O)COc2ccc(C(N)=O)cc2)ccc1Br. The predicted molar refractivity (Wildman–Crippen MR) is 88.0 cm³/mol. The summed E-state index contributed by atoms with van der Waals surface area (Å²) in [4.78, 5) is 22.8. The molecule has 0 atom stereocenters. The van der Waals surface area contributed by atoms with Crippen molar-refractivity contribution in [3.63, 3.8) is 0 Å². The molecule has 3 N–H and O–H groups in total. The molecule has 0 unspecified atom stereocenters. The number of carbonyl (C=O) groups is 2. The number of hydrogen-bond acceptors (Lipinski definition) is 3. The first-order chi connectivity index (χ1) is 10.5. The number of benzene rings is 2. The number of halogens is 1. The summed E-state index contributed by atoms with van der Waals surface area (Å²) in [6, 6.07) is 11.8. The standard InChI is InChI=1S/C16H15BrN2O3/c1-10-8-12(4-7-14(10)17)19-15(20)9-22-13-5-2-11(3-6-13)16(18)21/h2-8H,9H2,1H3,(H2,18,21)(H,19,20). The lowest BCUT2D eigenvalue weighted by atomic mass is 10.2. The van der Waals surface area contributed by atoms with E-state index < -0.39 is 5.91 Å². The molecule has 2 aromatic rings. The molecule has 0 saturated carbocycles. The van der Waals surface area contributed by atoms with E-state index in [0.717, 1.165) is 10.0 Å². The van der Waals surface area contributed by atoms with Crippen molar-refractivity contribution in [2.24, 2.45) is 5.73 Å². The Kier molecular flexibility index (Phi) is 5.16. The fourth-order valence-electron chi connectivity index (χ4n) is 1.78. The number of ether oxygens (including phenoxy) is 1. The molecule has 2 aromatic carbocycles. The number of amides is 2. The van der Waals surface area contributed by atoms with Crippen molar-refractivity contribution < 1.29 is 14.3 Å². The van der Waals surface area contributed by atoms with E-state index in [1.165, 1.54) is 0 Å². The van der Waals surface area contributed by atoms with Crippen LogP contribution in [0.2, 0.25) is 0 Å². The molecule has 0 bridgehead atoms. The summed E-state index contributed by atoms with van der Waals surface area (Å²) in [6.45, 7) is 1.82. The van der Waals surface area contributed by atoms with Crippen LogP contribution in [0.25, 0.3) is 0 Å². The zero-order valence-corrected chi connectivity index (χ0v) is 13.5. The summed E-state index contributed by atoms with van der Waals surface area (Å²) in [5.74, 6) is -0.275. The van der Waals surface area contributed by atoms with Gasteiger partial charge in [0.15, 0.2) is 6.61 Å². The lowest BCUT2D eigenvalue weighted by Crippen LogP contribution is -2.20. The summed E-state index contributed by atoms with van der Waals surface area (Å²) in [5, 5.41) is 2.75. The second-order valence-electron chi connectivity index (χ2n) is 4.69. The molecule has 6 heteroatoms. The first-order valence-corrected chi connectivity index (χ1v) is 7.33. The Morgan fingerprint density at radius 1 is 1.18 bits per heavy atom. The quantitative estimate of drug-likeness (QED) is 0.857. The van der Waals surface area contributed by atoms with Gasteiger partial charge in [-0.15, -0.1) is 0 Å². The average molecular weight is 363 g/mol. The van der Waals surface area contributed by atoms with Crippen molar-refractivity contribution in [1.29, 1.82) is 0 Å². The van der Waals surface area contributed by atoms with E-state index in [0.29, 0.717) is 17.0 Å².